The molecule has 2 aliphatic carbocycles. The predicted octanol–water partition coefficient (Wildman–Crippen LogP) is 1.85. The lowest BCUT2D eigenvalue weighted by Crippen LogP contribution is -2.55. The molecule has 1 heterocycles. The molecule has 3 fully saturated rings. The highest BCUT2D eigenvalue weighted by atomic mass is 16.2. The van der Waals surface area contributed by atoms with E-state index in [9.17, 15) is 4.79 Å². The van der Waals surface area contributed by atoms with Crippen molar-refractivity contribution in [2.24, 2.45) is 5.92 Å². The Morgan fingerprint density at radius 3 is 2.29 bits per heavy atom. The van der Waals surface area contributed by atoms with Crippen molar-refractivity contribution in [3.05, 3.63) is 0 Å². The van der Waals surface area contributed by atoms with Crippen LogP contribution in [0.25, 0.3) is 0 Å². The first kappa shape index (κ1) is 15.3. The zero-order chi connectivity index (χ0) is 14.8. The molecule has 4 heteroatoms. The summed E-state index contributed by atoms with van der Waals surface area (Å²) in [6.45, 7) is 8.24. The van der Waals surface area contributed by atoms with Gasteiger partial charge >= 0.3 is 0 Å². The van der Waals surface area contributed by atoms with Crippen LogP contribution < -0.4 is 5.32 Å². The summed E-state index contributed by atoms with van der Waals surface area (Å²) in [7, 11) is 0. The Bertz CT molecular complexity index is 361. The second kappa shape index (κ2) is 6.66. The van der Waals surface area contributed by atoms with Gasteiger partial charge in [-0.3, -0.25) is 9.69 Å². The first-order valence-electron chi connectivity index (χ1n) is 8.91. The highest BCUT2D eigenvalue weighted by Crippen LogP contribution is 2.35. The van der Waals surface area contributed by atoms with Crippen LogP contribution in [0, 0.1) is 5.92 Å². The van der Waals surface area contributed by atoms with E-state index in [4.69, 9.17) is 0 Å². The Hall–Kier alpha value is -0.610. The molecule has 0 radical (unpaired) electrons. The molecule has 1 atom stereocenters. The van der Waals surface area contributed by atoms with Crippen LogP contribution in [0.3, 0.4) is 0 Å². The first-order valence-corrected chi connectivity index (χ1v) is 8.91. The van der Waals surface area contributed by atoms with Gasteiger partial charge in [-0.05, 0) is 51.4 Å². The normalized spacial score (nSPS) is 34.7. The van der Waals surface area contributed by atoms with E-state index >= 15 is 0 Å². The molecule has 3 aliphatic rings. The number of hydrogen-bond acceptors (Lipinski definition) is 3. The molecule has 0 aromatic heterocycles. The molecule has 21 heavy (non-hydrogen) atoms. The van der Waals surface area contributed by atoms with Crippen molar-refractivity contribution < 1.29 is 4.79 Å². The quantitative estimate of drug-likeness (QED) is 0.859. The van der Waals surface area contributed by atoms with Crippen LogP contribution in [0.5, 0.6) is 0 Å². The van der Waals surface area contributed by atoms with Gasteiger partial charge in [0.1, 0.15) is 0 Å². The van der Waals surface area contributed by atoms with Crippen LogP contribution in [0.1, 0.15) is 52.4 Å². The zero-order valence-corrected chi connectivity index (χ0v) is 13.7. The number of carbonyl (C=O) groups excluding carboxylic acids is 1. The summed E-state index contributed by atoms with van der Waals surface area (Å²) in [4.78, 5) is 17.5. The number of nitrogens with one attached hydrogen (secondary N) is 1. The molecule has 1 aliphatic heterocycles. The van der Waals surface area contributed by atoms with E-state index in [0.717, 1.165) is 25.6 Å². The number of amides is 1. The third kappa shape index (κ3) is 3.78. The SMILES string of the molecule is CC1CCC(N(C(=O)CN2CCNC[C@H]2C)C2CC2)CC1. The lowest BCUT2D eigenvalue weighted by Gasteiger charge is -2.39. The molecule has 0 spiro atoms. The Morgan fingerprint density at radius 2 is 1.71 bits per heavy atom. The molecule has 0 unspecified atom stereocenters. The van der Waals surface area contributed by atoms with E-state index in [1.165, 1.54) is 38.5 Å². The van der Waals surface area contributed by atoms with Gasteiger partial charge in [-0.25, -0.2) is 0 Å². The molecule has 0 aromatic rings. The van der Waals surface area contributed by atoms with Gasteiger partial charge in [-0.1, -0.05) is 6.92 Å². The average Bonchev–Trinajstić information content (AvgIpc) is 3.29. The van der Waals surface area contributed by atoms with Gasteiger partial charge in [0.15, 0.2) is 0 Å². The standard InChI is InChI=1S/C17H31N3O/c1-13-3-5-15(6-4-13)20(16-7-8-16)17(21)12-19-10-9-18-11-14(19)2/h13-16,18H,3-12H2,1-2H3/t13?,14-,15?/m1/s1. The fraction of sp³-hybridized carbons (Fsp3) is 0.941. The number of nitrogens with zero attached hydrogens (tertiary/aromatic N) is 2. The molecule has 0 bridgehead atoms. The van der Waals surface area contributed by atoms with Crippen molar-refractivity contribution >= 4 is 5.91 Å². The summed E-state index contributed by atoms with van der Waals surface area (Å²) in [6, 6.07) is 1.57. The lowest BCUT2D eigenvalue weighted by molar-refractivity contribution is -0.137. The van der Waals surface area contributed by atoms with Gasteiger partial charge in [-0.15, -0.1) is 0 Å². The Labute approximate surface area is 129 Å². The maximum Gasteiger partial charge on any atom is 0.237 e. The number of carbonyl (C=O) groups is 1. The van der Waals surface area contributed by atoms with Crippen molar-refractivity contribution in [3.8, 4) is 0 Å². The largest absolute Gasteiger partial charge is 0.336 e. The minimum absolute atomic E-state index is 0.394. The Balaban J connectivity index is 1.59. The third-order valence-corrected chi connectivity index (χ3v) is 5.58. The van der Waals surface area contributed by atoms with E-state index < -0.39 is 0 Å². The Kier molecular flexibility index (Phi) is 4.85. The monoisotopic (exact) mass is 293 g/mol. The summed E-state index contributed by atoms with van der Waals surface area (Å²) in [6.07, 6.45) is 7.50. The fourth-order valence-electron chi connectivity index (χ4n) is 3.95. The summed E-state index contributed by atoms with van der Waals surface area (Å²) in [5.74, 6) is 1.25. The van der Waals surface area contributed by atoms with E-state index in [2.05, 4.69) is 29.0 Å². The number of rotatable bonds is 4. The van der Waals surface area contributed by atoms with Gasteiger partial charge < -0.3 is 10.2 Å². The second-order valence-electron chi connectivity index (χ2n) is 7.47. The molecule has 120 valence electrons. The zero-order valence-electron chi connectivity index (χ0n) is 13.7. The van der Waals surface area contributed by atoms with Crippen LogP contribution in [0.2, 0.25) is 0 Å². The smallest absolute Gasteiger partial charge is 0.237 e. The molecule has 0 aromatic carbocycles. The molecule has 1 N–H and O–H groups in total. The summed E-state index contributed by atoms with van der Waals surface area (Å²) in [5.41, 5.74) is 0. The van der Waals surface area contributed by atoms with E-state index in [-0.39, 0.29) is 0 Å². The van der Waals surface area contributed by atoms with Crippen LogP contribution in [0.15, 0.2) is 0 Å². The minimum Gasteiger partial charge on any atom is -0.336 e. The Morgan fingerprint density at radius 1 is 1.10 bits per heavy atom. The van der Waals surface area contributed by atoms with E-state index in [0.29, 0.717) is 30.6 Å². The van der Waals surface area contributed by atoms with Crippen molar-refractivity contribution in [3.63, 3.8) is 0 Å². The van der Waals surface area contributed by atoms with Gasteiger partial charge in [0, 0.05) is 37.8 Å². The van der Waals surface area contributed by atoms with Gasteiger partial charge in [0.2, 0.25) is 5.91 Å². The molecule has 4 nitrogen and oxygen atoms in total. The molecule has 3 rings (SSSR count). The second-order valence-corrected chi connectivity index (χ2v) is 7.47. The molecular weight excluding hydrogens is 262 g/mol. The van der Waals surface area contributed by atoms with Gasteiger partial charge in [0.05, 0.1) is 6.54 Å². The molecule has 1 saturated heterocycles. The van der Waals surface area contributed by atoms with Gasteiger partial charge in [0.25, 0.3) is 0 Å². The van der Waals surface area contributed by atoms with E-state index in [1.807, 2.05) is 0 Å². The number of piperazine rings is 1. The molecular formula is C17H31N3O. The topological polar surface area (TPSA) is 35.6 Å². The fourth-order valence-corrected chi connectivity index (χ4v) is 3.95. The average molecular weight is 293 g/mol. The van der Waals surface area contributed by atoms with Crippen molar-refractivity contribution in [1.82, 2.24) is 15.1 Å². The highest BCUT2D eigenvalue weighted by Gasteiger charge is 2.39. The lowest BCUT2D eigenvalue weighted by atomic mass is 9.86. The third-order valence-electron chi connectivity index (χ3n) is 5.58. The van der Waals surface area contributed by atoms with E-state index in [1.54, 1.807) is 0 Å². The van der Waals surface area contributed by atoms with Crippen molar-refractivity contribution in [2.75, 3.05) is 26.2 Å². The van der Waals surface area contributed by atoms with Crippen molar-refractivity contribution in [2.45, 2.75) is 70.5 Å². The van der Waals surface area contributed by atoms with Gasteiger partial charge in [-0.2, -0.15) is 0 Å². The molecule has 2 saturated carbocycles. The van der Waals surface area contributed by atoms with Crippen LogP contribution >= 0.6 is 0 Å². The summed E-state index contributed by atoms with van der Waals surface area (Å²) in [5, 5.41) is 3.40. The maximum atomic E-state index is 12.9. The maximum absolute atomic E-state index is 12.9. The van der Waals surface area contributed by atoms with Crippen molar-refractivity contribution in [1.29, 1.82) is 0 Å². The van der Waals surface area contributed by atoms with Crippen LogP contribution in [0.4, 0.5) is 0 Å². The summed E-state index contributed by atoms with van der Waals surface area (Å²) >= 11 is 0. The first-order chi connectivity index (χ1) is 10.1. The summed E-state index contributed by atoms with van der Waals surface area (Å²) < 4.78 is 0. The minimum atomic E-state index is 0.394. The highest BCUT2D eigenvalue weighted by molar-refractivity contribution is 5.79. The number of hydrogen-bond donors (Lipinski definition) is 1. The van der Waals surface area contributed by atoms with Crippen LogP contribution in [-0.2, 0) is 4.79 Å². The van der Waals surface area contributed by atoms with Crippen LogP contribution in [-0.4, -0.2) is 60.0 Å². The predicted molar refractivity (Wildman–Crippen MR) is 85.2 cm³/mol. The molecule has 1 amide bonds.